The quantitative estimate of drug-likeness (QED) is 0.415. The molecule has 0 fully saturated rings. The molecule has 0 saturated heterocycles. The fraction of sp³-hybridized carbons (Fsp3) is 0.120. The molecule has 5 rings (SSSR count). The maximum atomic E-state index is 12.6. The van der Waals surface area contributed by atoms with Crippen molar-refractivity contribution in [1.29, 1.82) is 0 Å². The van der Waals surface area contributed by atoms with Gasteiger partial charge in [0.15, 0.2) is 11.5 Å². The van der Waals surface area contributed by atoms with Crippen LogP contribution in [0.25, 0.3) is 10.9 Å². The molecule has 0 saturated carbocycles. The maximum Gasteiger partial charge on any atom is 0.255 e. The van der Waals surface area contributed by atoms with Gasteiger partial charge in [0.1, 0.15) is 0 Å². The molecule has 7 heteroatoms. The van der Waals surface area contributed by atoms with Crippen molar-refractivity contribution in [2.75, 3.05) is 17.4 Å². The summed E-state index contributed by atoms with van der Waals surface area (Å²) in [5.41, 5.74) is 3.84. The lowest BCUT2D eigenvalue weighted by Crippen LogP contribution is -2.14. The number of aromatic amines is 1. The molecule has 2 heterocycles. The van der Waals surface area contributed by atoms with Crippen LogP contribution in [0.5, 0.6) is 11.5 Å². The Morgan fingerprint density at radius 3 is 2.59 bits per heavy atom. The number of para-hydroxylation sites is 1. The average molecular weight is 427 g/mol. The van der Waals surface area contributed by atoms with Crippen LogP contribution >= 0.6 is 0 Å². The highest BCUT2D eigenvalue weighted by molar-refractivity contribution is 6.05. The molecule has 4 aromatic rings. The summed E-state index contributed by atoms with van der Waals surface area (Å²) in [7, 11) is 0. The molecule has 160 valence electrons. The van der Waals surface area contributed by atoms with Crippen LogP contribution in [-0.2, 0) is 11.2 Å². The van der Waals surface area contributed by atoms with Crippen molar-refractivity contribution in [3.8, 4) is 11.5 Å². The smallest absolute Gasteiger partial charge is 0.255 e. The standard InChI is InChI=1S/C25H21N3O4/c29-24(11-9-17-14-26-21-7-2-1-6-20(17)21)27-18-4-3-5-19(13-18)28-25(30)16-8-10-22-23(12-16)32-15-31-22/h1-8,10,12-14,26H,9,11,15H2,(H,27,29)(H,28,30). The Hall–Kier alpha value is -4.26. The Labute approximate surface area is 184 Å². The van der Waals surface area contributed by atoms with Crippen LogP contribution in [-0.4, -0.2) is 23.6 Å². The lowest BCUT2D eigenvalue weighted by molar-refractivity contribution is -0.116. The SMILES string of the molecule is O=C(CCc1c[nH]c2ccccc12)Nc1cccc(NC(=O)c2ccc3c(c2)OCO3)c1. The summed E-state index contributed by atoms with van der Waals surface area (Å²) in [6.45, 7) is 0.155. The number of amides is 2. The summed E-state index contributed by atoms with van der Waals surface area (Å²) in [6.07, 6.45) is 2.94. The van der Waals surface area contributed by atoms with Crippen molar-refractivity contribution in [1.82, 2.24) is 4.98 Å². The molecule has 3 aromatic carbocycles. The number of rotatable bonds is 6. The van der Waals surface area contributed by atoms with E-state index in [-0.39, 0.29) is 18.6 Å². The van der Waals surface area contributed by atoms with Crippen molar-refractivity contribution in [3.05, 3.63) is 84.1 Å². The molecule has 1 aliphatic rings. The minimum atomic E-state index is -0.272. The fourth-order valence-electron chi connectivity index (χ4n) is 3.73. The number of aryl methyl sites for hydroxylation is 1. The number of H-pyrrole nitrogens is 1. The second-order valence-electron chi connectivity index (χ2n) is 7.51. The van der Waals surface area contributed by atoms with Crippen LogP contribution in [0.2, 0.25) is 0 Å². The second kappa shape index (κ2) is 8.47. The third kappa shape index (κ3) is 4.13. The Morgan fingerprint density at radius 2 is 1.69 bits per heavy atom. The van der Waals surface area contributed by atoms with Gasteiger partial charge in [-0.1, -0.05) is 24.3 Å². The highest BCUT2D eigenvalue weighted by Gasteiger charge is 2.16. The van der Waals surface area contributed by atoms with Crippen LogP contribution < -0.4 is 20.1 Å². The third-order valence-electron chi connectivity index (χ3n) is 5.34. The predicted octanol–water partition coefficient (Wildman–Crippen LogP) is 4.72. The zero-order valence-corrected chi connectivity index (χ0v) is 17.2. The van der Waals surface area contributed by atoms with Crippen LogP contribution in [0.3, 0.4) is 0 Å². The lowest BCUT2D eigenvalue weighted by atomic mass is 10.1. The summed E-state index contributed by atoms with van der Waals surface area (Å²) in [4.78, 5) is 28.3. The molecule has 2 amide bonds. The molecule has 0 unspecified atom stereocenters. The zero-order valence-electron chi connectivity index (χ0n) is 17.2. The van der Waals surface area contributed by atoms with E-state index in [9.17, 15) is 9.59 Å². The number of fused-ring (bicyclic) bond motifs is 2. The van der Waals surface area contributed by atoms with E-state index in [1.165, 1.54) is 0 Å². The third-order valence-corrected chi connectivity index (χ3v) is 5.34. The van der Waals surface area contributed by atoms with E-state index in [4.69, 9.17) is 9.47 Å². The average Bonchev–Trinajstić information content (AvgIpc) is 3.44. The van der Waals surface area contributed by atoms with Crippen molar-refractivity contribution >= 4 is 34.1 Å². The monoisotopic (exact) mass is 427 g/mol. The highest BCUT2D eigenvalue weighted by atomic mass is 16.7. The van der Waals surface area contributed by atoms with Gasteiger partial charge in [-0.15, -0.1) is 0 Å². The van der Waals surface area contributed by atoms with Crippen LogP contribution in [0.1, 0.15) is 22.3 Å². The Morgan fingerprint density at radius 1 is 0.875 bits per heavy atom. The van der Waals surface area contributed by atoms with E-state index in [1.54, 1.807) is 42.5 Å². The first-order valence-corrected chi connectivity index (χ1v) is 10.3. The van der Waals surface area contributed by atoms with Crippen LogP contribution in [0, 0.1) is 0 Å². The first-order valence-electron chi connectivity index (χ1n) is 10.3. The predicted molar refractivity (Wildman–Crippen MR) is 122 cm³/mol. The highest BCUT2D eigenvalue weighted by Crippen LogP contribution is 2.32. The van der Waals surface area contributed by atoms with Gasteiger partial charge in [-0.2, -0.15) is 0 Å². The molecule has 7 nitrogen and oxygen atoms in total. The van der Waals surface area contributed by atoms with E-state index >= 15 is 0 Å². The van der Waals surface area contributed by atoms with Crippen LogP contribution in [0.15, 0.2) is 72.9 Å². The van der Waals surface area contributed by atoms with Gasteiger partial charge in [-0.25, -0.2) is 0 Å². The van der Waals surface area contributed by atoms with E-state index < -0.39 is 0 Å². The number of carbonyl (C=O) groups is 2. The van der Waals surface area contributed by atoms with E-state index in [1.807, 2.05) is 30.5 Å². The van der Waals surface area contributed by atoms with Gasteiger partial charge in [-0.3, -0.25) is 9.59 Å². The van der Waals surface area contributed by atoms with Gasteiger partial charge < -0.3 is 25.1 Å². The number of hydrogen-bond acceptors (Lipinski definition) is 4. The van der Waals surface area contributed by atoms with E-state index in [0.29, 0.717) is 41.3 Å². The van der Waals surface area contributed by atoms with Crippen molar-refractivity contribution in [2.45, 2.75) is 12.8 Å². The number of ether oxygens (including phenoxy) is 2. The molecule has 0 aliphatic carbocycles. The Bertz CT molecular complexity index is 1310. The van der Waals surface area contributed by atoms with Crippen molar-refractivity contribution in [2.24, 2.45) is 0 Å². The molecule has 1 aliphatic heterocycles. The van der Waals surface area contributed by atoms with Crippen LogP contribution in [0.4, 0.5) is 11.4 Å². The van der Waals surface area contributed by atoms with E-state index in [0.717, 1.165) is 16.5 Å². The lowest BCUT2D eigenvalue weighted by Gasteiger charge is -2.09. The van der Waals surface area contributed by atoms with Gasteiger partial charge >= 0.3 is 0 Å². The molecule has 1 aromatic heterocycles. The number of aromatic nitrogens is 1. The van der Waals surface area contributed by atoms with E-state index in [2.05, 4.69) is 15.6 Å². The molecule has 0 spiro atoms. The number of hydrogen-bond donors (Lipinski definition) is 3. The minimum Gasteiger partial charge on any atom is -0.454 e. The number of benzene rings is 3. The molecule has 0 radical (unpaired) electrons. The van der Waals surface area contributed by atoms with Crippen molar-refractivity contribution in [3.63, 3.8) is 0 Å². The number of carbonyl (C=O) groups excluding carboxylic acids is 2. The maximum absolute atomic E-state index is 12.6. The number of nitrogens with one attached hydrogen (secondary N) is 3. The Balaban J connectivity index is 1.20. The fourth-order valence-corrected chi connectivity index (χ4v) is 3.73. The molecule has 0 bridgehead atoms. The number of anilines is 2. The first-order chi connectivity index (χ1) is 15.7. The normalized spacial score (nSPS) is 12.0. The minimum absolute atomic E-state index is 0.0884. The van der Waals surface area contributed by atoms with Crippen molar-refractivity contribution < 1.29 is 19.1 Å². The molecule has 0 atom stereocenters. The van der Waals surface area contributed by atoms with Gasteiger partial charge in [0.05, 0.1) is 0 Å². The summed E-state index contributed by atoms with van der Waals surface area (Å²) < 4.78 is 10.6. The first kappa shape index (κ1) is 19.7. The van der Waals surface area contributed by atoms with Gasteiger partial charge in [-0.05, 0) is 54.4 Å². The summed E-state index contributed by atoms with van der Waals surface area (Å²) in [5, 5.41) is 6.88. The second-order valence-corrected chi connectivity index (χ2v) is 7.51. The van der Waals surface area contributed by atoms with Gasteiger partial charge in [0, 0.05) is 40.5 Å². The zero-order chi connectivity index (χ0) is 21.9. The molecule has 3 N–H and O–H groups in total. The summed E-state index contributed by atoms with van der Waals surface area (Å²) >= 11 is 0. The molecular weight excluding hydrogens is 406 g/mol. The largest absolute Gasteiger partial charge is 0.454 e. The summed E-state index contributed by atoms with van der Waals surface area (Å²) in [6, 6.07) is 20.1. The molecular formula is C25H21N3O4. The van der Waals surface area contributed by atoms with Gasteiger partial charge in [0.2, 0.25) is 12.7 Å². The Kier molecular flexibility index (Phi) is 5.21. The summed E-state index contributed by atoms with van der Waals surface area (Å²) in [5.74, 6) is 0.813. The molecule has 32 heavy (non-hydrogen) atoms. The topological polar surface area (TPSA) is 92.5 Å². The van der Waals surface area contributed by atoms with Gasteiger partial charge in [0.25, 0.3) is 5.91 Å².